The number of nitrogens with zero attached hydrogens (tertiary/aromatic N) is 3. The number of carbonyl (C=O) groups excluding carboxylic acids is 1. The van der Waals surface area contributed by atoms with Crippen LogP contribution in [0.2, 0.25) is 0 Å². The normalized spacial score (nSPS) is 21.2. The van der Waals surface area contributed by atoms with E-state index in [-0.39, 0.29) is 11.9 Å². The monoisotopic (exact) mass is 338 g/mol. The fourth-order valence-corrected chi connectivity index (χ4v) is 3.86. The van der Waals surface area contributed by atoms with Gasteiger partial charge in [-0.2, -0.15) is 0 Å². The number of piperidine rings is 1. The average molecular weight is 338 g/mol. The Morgan fingerprint density at radius 1 is 1.16 bits per heavy atom. The van der Waals surface area contributed by atoms with Gasteiger partial charge in [0.25, 0.3) is 0 Å². The van der Waals surface area contributed by atoms with Crippen LogP contribution in [0.1, 0.15) is 60.3 Å². The molecular weight excluding hydrogens is 312 g/mol. The van der Waals surface area contributed by atoms with Gasteiger partial charge in [0.05, 0.1) is 23.5 Å². The number of hydrogen-bond donors (Lipinski definition) is 1. The highest BCUT2D eigenvalue weighted by Gasteiger charge is 2.32. The van der Waals surface area contributed by atoms with Crippen molar-refractivity contribution < 1.29 is 4.79 Å². The van der Waals surface area contributed by atoms with Gasteiger partial charge in [-0.1, -0.05) is 12.1 Å². The Kier molecular flexibility index (Phi) is 5.43. The molecule has 1 aliphatic heterocycles. The summed E-state index contributed by atoms with van der Waals surface area (Å²) < 4.78 is 0. The van der Waals surface area contributed by atoms with Crippen molar-refractivity contribution in [2.24, 2.45) is 5.73 Å². The quantitative estimate of drug-likeness (QED) is 0.909. The van der Waals surface area contributed by atoms with E-state index in [1.165, 1.54) is 5.56 Å². The Balaban J connectivity index is 1.88. The number of carbonyl (C=O) groups is 1. The third kappa shape index (κ3) is 3.87. The second-order valence-electron chi connectivity index (χ2n) is 6.85. The third-order valence-corrected chi connectivity index (χ3v) is 5.19. The van der Waals surface area contributed by atoms with E-state index in [1.54, 1.807) is 0 Å². The van der Waals surface area contributed by atoms with Crippen LogP contribution < -0.4 is 5.73 Å². The first-order valence-corrected chi connectivity index (χ1v) is 8.93. The van der Waals surface area contributed by atoms with Gasteiger partial charge in [-0.15, -0.1) is 0 Å². The molecule has 1 aliphatic rings. The van der Waals surface area contributed by atoms with Gasteiger partial charge >= 0.3 is 0 Å². The molecule has 2 aromatic heterocycles. The maximum atomic E-state index is 11.2. The van der Waals surface area contributed by atoms with Crippen molar-refractivity contribution in [1.29, 1.82) is 0 Å². The molecule has 3 heterocycles. The van der Waals surface area contributed by atoms with Gasteiger partial charge in [-0.25, -0.2) is 0 Å². The maximum absolute atomic E-state index is 11.2. The number of amides is 1. The van der Waals surface area contributed by atoms with E-state index in [4.69, 9.17) is 5.73 Å². The summed E-state index contributed by atoms with van der Waals surface area (Å²) in [5, 5.41) is 0. The number of aryl methyl sites for hydroxylation is 2. The molecule has 1 saturated heterocycles. The minimum absolute atomic E-state index is 0.240. The summed E-state index contributed by atoms with van der Waals surface area (Å²) in [5.41, 5.74) is 9.92. The van der Waals surface area contributed by atoms with E-state index in [1.807, 2.05) is 24.5 Å². The summed E-state index contributed by atoms with van der Waals surface area (Å²) in [5.74, 6) is -0.270. The van der Waals surface area contributed by atoms with Gasteiger partial charge in [-0.3, -0.25) is 19.7 Å². The first-order valence-electron chi connectivity index (χ1n) is 8.93. The summed E-state index contributed by atoms with van der Waals surface area (Å²) in [6.45, 7) is 2.12. The van der Waals surface area contributed by atoms with E-state index >= 15 is 0 Å². The Bertz CT molecular complexity index is 746. The molecule has 0 unspecified atom stereocenters. The molecule has 1 fully saturated rings. The van der Waals surface area contributed by atoms with Crippen LogP contribution in [0.5, 0.6) is 0 Å². The lowest BCUT2D eigenvalue weighted by Gasteiger charge is -2.40. The van der Waals surface area contributed by atoms with Gasteiger partial charge in [0, 0.05) is 18.8 Å². The molecule has 0 spiro atoms. The van der Waals surface area contributed by atoms with Gasteiger partial charge in [0.15, 0.2) is 0 Å². The minimum Gasteiger partial charge on any atom is -0.370 e. The molecular formula is C20H26N4O. The molecule has 0 radical (unpaired) electrons. The van der Waals surface area contributed by atoms with Gasteiger partial charge in [0.2, 0.25) is 5.91 Å². The number of nitrogens with two attached hydrogens (primary N) is 1. The zero-order valence-electron chi connectivity index (χ0n) is 15.0. The number of likely N-dealkylation sites (tertiary alicyclic amines) is 1. The first-order chi connectivity index (χ1) is 12.1. The van der Waals surface area contributed by atoms with Gasteiger partial charge in [0.1, 0.15) is 0 Å². The second-order valence-corrected chi connectivity index (χ2v) is 6.85. The lowest BCUT2D eigenvalue weighted by atomic mass is 9.88. The predicted molar refractivity (Wildman–Crippen MR) is 97.8 cm³/mol. The summed E-state index contributed by atoms with van der Waals surface area (Å²) in [7, 11) is 2.16. The molecule has 0 saturated carbocycles. The van der Waals surface area contributed by atoms with Gasteiger partial charge in [-0.05, 0) is 62.9 Å². The number of aromatic nitrogens is 2. The Morgan fingerprint density at radius 3 is 2.48 bits per heavy atom. The highest BCUT2D eigenvalue weighted by Crippen LogP contribution is 2.40. The Labute approximate surface area is 149 Å². The lowest BCUT2D eigenvalue weighted by molar-refractivity contribution is -0.117. The van der Waals surface area contributed by atoms with Crippen molar-refractivity contribution >= 4 is 5.91 Å². The fraction of sp³-hybridized carbons (Fsp3) is 0.450. The van der Waals surface area contributed by atoms with Crippen LogP contribution in [-0.2, 0) is 11.2 Å². The summed E-state index contributed by atoms with van der Waals surface area (Å²) in [6, 6.07) is 8.64. The van der Waals surface area contributed by atoms with Crippen molar-refractivity contribution in [2.75, 3.05) is 7.05 Å². The van der Waals surface area contributed by atoms with E-state index in [2.05, 4.69) is 41.0 Å². The van der Waals surface area contributed by atoms with Crippen molar-refractivity contribution in [2.45, 2.75) is 51.1 Å². The summed E-state index contributed by atoms with van der Waals surface area (Å²) >= 11 is 0. The molecule has 5 heteroatoms. The molecule has 2 N–H and O–H groups in total. The van der Waals surface area contributed by atoms with E-state index in [0.717, 1.165) is 36.2 Å². The fourth-order valence-electron chi connectivity index (χ4n) is 3.86. The summed E-state index contributed by atoms with van der Waals surface area (Å²) in [4.78, 5) is 22.9. The number of pyridine rings is 2. The molecule has 0 aliphatic carbocycles. The first kappa shape index (κ1) is 17.5. The van der Waals surface area contributed by atoms with E-state index in [9.17, 15) is 4.79 Å². The van der Waals surface area contributed by atoms with Crippen LogP contribution >= 0.6 is 0 Å². The van der Waals surface area contributed by atoms with Crippen molar-refractivity contribution in [3.63, 3.8) is 0 Å². The minimum atomic E-state index is -0.270. The lowest BCUT2D eigenvalue weighted by Crippen LogP contribution is -2.35. The third-order valence-electron chi connectivity index (χ3n) is 5.19. The van der Waals surface area contributed by atoms with E-state index < -0.39 is 0 Å². The number of hydrogen-bond acceptors (Lipinski definition) is 4. The zero-order valence-corrected chi connectivity index (χ0v) is 15.0. The molecule has 2 aromatic rings. The molecule has 0 aromatic carbocycles. The molecule has 3 rings (SSSR count). The zero-order chi connectivity index (χ0) is 17.8. The van der Waals surface area contributed by atoms with Crippen LogP contribution in [0, 0.1) is 6.92 Å². The molecule has 1 amide bonds. The molecule has 0 bridgehead atoms. The van der Waals surface area contributed by atoms with Crippen LogP contribution in [0.4, 0.5) is 0 Å². The Hall–Kier alpha value is -2.27. The highest BCUT2D eigenvalue weighted by atomic mass is 16.1. The molecule has 25 heavy (non-hydrogen) atoms. The predicted octanol–water partition coefficient (Wildman–Crippen LogP) is 3.10. The average Bonchev–Trinajstić information content (AvgIpc) is 2.61. The van der Waals surface area contributed by atoms with Crippen LogP contribution in [0.3, 0.4) is 0 Å². The van der Waals surface area contributed by atoms with E-state index in [0.29, 0.717) is 18.9 Å². The topological polar surface area (TPSA) is 72.1 Å². The second kappa shape index (κ2) is 7.74. The van der Waals surface area contributed by atoms with Crippen molar-refractivity contribution in [3.8, 4) is 0 Å². The standard InChI is InChI=1S/C20H26N4O/c1-14-6-4-12-22-19(14)16-8-3-9-17(24(16)2)20-15(7-5-13-23-20)10-11-18(21)25/h4-7,12-13,16-17H,3,8-11H2,1-2H3,(H2,21,25)/t16-,17+/m0/s1. The Morgan fingerprint density at radius 2 is 1.80 bits per heavy atom. The van der Waals surface area contributed by atoms with Crippen LogP contribution in [0.25, 0.3) is 0 Å². The maximum Gasteiger partial charge on any atom is 0.217 e. The number of rotatable bonds is 5. The molecule has 132 valence electrons. The molecule has 2 atom stereocenters. The van der Waals surface area contributed by atoms with Crippen LogP contribution in [-0.4, -0.2) is 27.8 Å². The highest BCUT2D eigenvalue weighted by molar-refractivity contribution is 5.74. The van der Waals surface area contributed by atoms with Crippen LogP contribution in [0.15, 0.2) is 36.7 Å². The van der Waals surface area contributed by atoms with Gasteiger partial charge < -0.3 is 5.73 Å². The van der Waals surface area contributed by atoms with Crippen molar-refractivity contribution in [3.05, 3.63) is 59.2 Å². The largest absolute Gasteiger partial charge is 0.370 e. The van der Waals surface area contributed by atoms with Crippen molar-refractivity contribution in [1.82, 2.24) is 14.9 Å². The SMILES string of the molecule is Cc1cccnc1[C@@H]1CCC[C@H](c2ncccc2CCC(N)=O)N1C. The molecule has 5 nitrogen and oxygen atoms in total. The summed E-state index contributed by atoms with van der Waals surface area (Å²) in [6.07, 6.45) is 8.04. The number of primary amides is 1. The smallest absolute Gasteiger partial charge is 0.217 e.